The molecule has 0 saturated carbocycles. The first-order chi connectivity index (χ1) is 10.7. The lowest BCUT2D eigenvalue weighted by atomic mass is 10.1. The van der Waals surface area contributed by atoms with Crippen LogP contribution in [0.5, 0.6) is 0 Å². The standard InChI is InChI=1S/C17H20N4O/c1-13-6-2-3-7-14(13)12-19-16(22)15-8-9-18-17(20-15)21-10-4-5-11-21/h2-3,6-9H,4-5,10-12H2,1H3,(H,19,22). The molecule has 1 aromatic carbocycles. The van der Waals surface area contributed by atoms with E-state index >= 15 is 0 Å². The first-order valence-corrected chi connectivity index (χ1v) is 7.65. The highest BCUT2D eigenvalue weighted by molar-refractivity contribution is 5.92. The van der Waals surface area contributed by atoms with Crippen LogP contribution in [0, 0.1) is 6.92 Å². The van der Waals surface area contributed by atoms with Crippen molar-refractivity contribution in [1.29, 1.82) is 0 Å². The predicted molar refractivity (Wildman–Crippen MR) is 85.8 cm³/mol. The number of hydrogen-bond acceptors (Lipinski definition) is 4. The summed E-state index contributed by atoms with van der Waals surface area (Å²) in [6, 6.07) is 9.69. The summed E-state index contributed by atoms with van der Waals surface area (Å²) >= 11 is 0. The minimum absolute atomic E-state index is 0.161. The molecule has 0 unspecified atom stereocenters. The highest BCUT2D eigenvalue weighted by atomic mass is 16.1. The van der Waals surface area contributed by atoms with Gasteiger partial charge in [-0.2, -0.15) is 0 Å². The molecule has 114 valence electrons. The molecule has 0 radical (unpaired) electrons. The molecule has 5 heteroatoms. The van der Waals surface area contributed by atoms with Crippen LogP contribution in [0.25, 0.3) is 0 Å². The normalized spacial score (nSPS) is 14.1. The van der Waals surface area contributed by atoms with Crippen LogP contribution in [0.3, 0.4) is 0 Å². The third-order valence-corrected chi connectivity index (χ3v) is 3.97. The molecule has 2 heterocycles. The Morgan fingerprint density at radius 2 is 2.00 bits per heavy atom. The van der Waals surface area contributed by atoms with Gasteiger partial charge in [-0.15, -0.1) is 0 Å². The van der Waals surface area contributed by atoms with E-state index in [0.29, 0.717) is 18.2 Å². The number of aromatic nitrogens is 2. The third kappa shape index (κ3) is 3.24. The smallest absolute Gasteiger partial charge is 0.270 e. The SMILES string of the molecule is Cc1ccccc1CNC(=O)c1ccnc(N2CCCC2)n1. The Bertz CT molecular complexity index is 665. The summed E-state index contributed by atoms with van der Waals surface area (Å²) in [7, 11) is 0. The number of nitrogens with one attached hydrogen (secondary N) is 1. The number of carbonyl (C=O) groups excluding carboxylic acids is 1. The number of nitrogens with zero attached hydrogens (tertiary/aromatic N) is 3. The quantitative estimate of drug-likeness (QED) is 0.940. The average molecular weight is 296 g/mol. The van der Waals surface area contributed by atoms with Gasteiger partial charge >= 0.3 is 0 Å². The molecule has 1 aromatic heterocycles. The molecule has 3 rings (SSSR count). The molecular weight excluding hydrogens is 276 g/mol. The van der Waals surface area contributed by atoms with Crippen molar-refractivity contribution in [2.24, 2.45) is 0 Å². The molecular formula is C17H20N4O. The number of aryl methyl sites for hydroxylation is 1. The van der Waals surface area contributed by atoms with Gasteiger partial charge in [0.25, 0.3) is 5.91 Å². The van der Waals surface area contributed by atoms with Gasteiger partial charge < -0.3 is 10.2 Å². The molecule has 5 nitrogen and oxygen atoms in total. The van der Waals surface area contributed by atoms with Crippen LogP contribution >= 0.6 is 0 Å². The summed E-state index contributed by atoms with van der Waals surface area (Å²) in [6.07, 6.45) is 3.98. The maximum absolute atomic E-state index is 12.3. The molecule has 0 aliphatic carbocycles. The highest BCUT2D eigenvalue weighted by Gasteiger charge is 2.16. The first kappa shape index (κ1) is 14.5. The lowest BCUT2D eigenvalue weighted by Gasteiger charge is -2.15. The molecule has 1 aliphatic rings. The molecule has 1 fully saturated rings. The van der Waals surface area contributed by atoms with Crippen molar-refractivity contribution in [2.75, 3.05) is 18.0 Å². The highest BCUT2D eigenvalue weighted by Crippen LogP contribution is 2.15. The molecule has 1 amide bonds. The summed E-state index contributed by atoms with van der Waals surface area (Å²) in [5.41, 5.74) is 2.71. The maximum atomic E-state index is 12.3. The summed E-state index contributed by atoms with van der Waals surface area (Å²) < 4.78 is 0. The fourth-order valence-corrected chi connectivity index (χ4v) is 2.62. The van der Waals surface area contributed by atoms with Gasteiger partial charge in [-0.3, -0.25) is 4.79 Å². The Morgan fingerprint density at radius 1 is 1.23 bits per heavy atom. The van der Waals surface area contributed by atoms with Gasteiger partial charge in [0.1, 0.15) is 5.69 Å². The Hall–Kier alpha value is -2.43. The van der Waals surface area contributed by atoms with Crippen molar-refractivity contribution in [1.82, 2.24) is 15.3 Å². The van der Waals surface area contributed by atoms with Crippen molar-refractivity contribution in [2.45, 2.75) is 26.3 Å². The van der Waals surface area contributed by atoms with E-state index in [9.17, 15) is 4.79 Å². The second-order valence-corrected chi connectivity index (χ2v) is 5.55. The molecule has 22 heavy (non-hydrogen) atoms. The van der Waals surface area contributed by atoms with Gasteiger partial charge in [-0.1, -0.05) is 24.3 Å². The number of anilines is 1. The van der Waals surface area contributed by atoms with Crippen LogP contribution in [0.15, 0.2) is 36.5 Å². The van der Waals surface area contributed by atoms with E-state index < -0.39 is 0 Å². The number of carbonyl (C=O) groups is 1. The minimum Gasteiger partial charge on any atom is -0.347 e. The minimum atomic E-state index is -0.161. The monoisotopic (exact) mass is 296 g/mol. The summed E-state index contributed by atoms with van der Waals surface area (Å²) in [5.74, 6) is 0.493. The number of amides is 1. The number of rotatable bonds is 4. The van der Waals surface area contributed by atoms with Gasteiger partial charge in [-0.05, 0) is 37.0 Å². The van der Waals surface area contributed by atoms with Crippen LogP contribution < -0.4 is 10.2 Å². The zero-order valence-electron chi connectivity index (χ0n) is 12.7. The van der Waals surface area contributed by atoms with Crippen molar-refractivity contribution >= 4 is 11.9 Å². The Labute approximate surface area is 130 Å². The lowest BCUT2D eigenvalue weighted by Crippen LogP contribution is -2.26. The number of benzene rings is 1. The van der Waals surface area contributed by atoms with Gasteiger partial charge in [0, 0.05) is 25.8 Å². The Balaban J connectivity index is 1.67. The van der Waals surface area contributed by atoms with Gasteiger partial charge in [0.05, 0.1) is 0 Å². The lowest BCUT2D eigenvalue weighted by molar-refractivity contribution is 0.0946. The van der Waals surface area contributed by atoms with Crippen LogP contribution in [0.4, 0.5) is 5.95 Å². The van der Waals surface area contributed by atoms with Crippen molar-refractivity contribution < 1.29 is 4.79 Å². The molecule has 0 bridgehead atoms. The van der Waals surface area contributed by atoms with Crippen molar-refractivity contribution in [3.05, 3.63) is 53.3 Å². The zero-order chi connectivity index (χ0) is 15.4. The second-order valence-electron chi connectivity index (χ2n) is 5.55. The molecule has 2 aromatic rings. The molecule has 0 spiro atoms. The fraction of sp³-hybridized carbons (Fsp3) is 0.353. The predicted octanol–water partition coefficient (Wildman–Crippen LogP) is 2.32. The van der Waals surface area contributed by atoms with Gasteiger partial charge in [0.2, 0.25) is 5.95 Å². The van der Waals surface area contributed by atoms with E-state index in [1.54, 1.807) is 12.3 Å². The fourth-order valence-electron chi connectivity index (χ4n) is 2.62. The molecule has 0 atom stereocenters. The van der Waals surface area contributed by atoms with Crippen LogP contribution in [0.2, 0.25) is 0 Å². The van der Waals surface area contributed by atoms with Crippen LogP contribution in [-0.4, -0.2) is 29.0 Å². The zero-order valence-corrected chi connectivity index (χ0v) is 12.7. The topological polar surface area (TPSA) is 58.1 Å². The summed E-state index contributed by atoms with van der Waals surface area (Å²) in [6.45, 7) is 4.48. The first-order valence-electron chi connectivity index (χ1n) is 7.65. The van der Waals surface area contributed by atoms with Crippen LogP contribution in [-0.2, 0) is 6.54 Å². The van der Waals surface area contributed by atoms with E-state index in [2.05, 4.69) is 20.2 Å². The van der Waals surface area contributed by atoms with E-state index in [-0.39, 0.29) is 5.91 Å². The van der Waals surface area contributed by atoms with Gasteiger partial charge in [-0.25, -0.2) is 9.97 Å². The van der Waals surface area contributed by atoms with E-state index in [0.717, 1.165) is 31.5 Å². The van der Waals surface area contributed by atoms with Crippen LogP contribution in [0.1, 0.15) is 34.5 Å². The molecule has 1 aliphatic heterocycles. The second kappa shape index (κ2) is 6.56. The Kier molecular flexibility index (Phi) is 4.32. The Morgan fingerprint density at radius 3 is 2.77 bits per heavy atom. The molecule has 1 N–H and O–H groups in total. The summed E-state index contributed by atoms with van der Waals surface area (Å²) in [5, 5.41) is 2.93. The van der Waals surface area contributed by atoms with Gasteiger partial charge in [0.15, 0.2) is 0 Å². The van der Waals surface area contributed by atoms with E-state index in [4.69, 9.17) is 0 Å². The van der Waals surface area contributed by atoms with E-state index in [1.165, 1.54) is 5.56 Å². The molecule has 1 saturated heterocycles. The summed E-state index contributed by atoms with van der Waals surface area (Å²) in [4.78, 5) is 23.1. The van der Waals surface area contributed by atoms with E-state index in [1.807, 2.05) is 31.2 Å². The number of hydrogen-bond donors (Lipinski definition) is 1. The average Bonchev–Trinajstić information content (AvgIpc) is 3.08. The van der Waals surface area contributed by atoms with Crippen molar-refractivity contribution in [3.8, 4) is 0 Å². The maximum Gasteiger partial charge on any atom is 0.270 e. The largest absolute Gasteiger partial charge is 0.347 e. The third-order valence-electron chi connectivity index (χ3n) is 3.97. The van der Waals surface area contributed by atoms with Crippen molar-refractivity contribution in [3.63, 3.8) is 0 Å².